The van der Waals surface area contributed by atoms with E-state index in [0.717, 1.165) is 22.3 Å². The summed E-state index contributed by atoms with van der Waals surface area (Å²) in [5.41, 5.74) is 4.46. The Hall–Kier alpha value is -2.75. The molecule has 3 rings (SSSR count). The number of carbonyl (C=O) groups excluding carboxylic acids is 1. The number of phenols is 2. The van der Waals surface area contributed by atoms with Crippen LogP contribution in [0.5, 0.6) is 17.2 Å². The molecule has 0 unspecified atom stereocenters. The van der Waals surface area contributed by atoms with Gasteiger partial charge >= 0.3 is 0 Å². The SMILES string of the molecule is COc1cc2c(cc1O)C/C(=C\c1cc(C)c(O)c(C)c1)C2=O. The first-order chi connectivity index (χ1) is 10.9. The second kappa shape index (κ2) is 5.47. The lowest BCUT2D eigenvalue weighted by atomic mass is 10.0. The lowest BCUT2D eigenvalue weighted by Crippen LogP contribution is -1.96. The predicted octanol–water partition coefficient (Wildman–Crippen LogP) is 3.55. The Balaban J connectivity index is 2.02. The summed E-state index contributed by atoms with van der Waals surface area (Å²) in [7, 11) is 1.46. The van der Waals surface area contributed by atoms with Gasteiger partial charge in [0, 0.05) is 17.6 Å². The van der Waals surface area contributed by atoms with Gasteiger partial charge in [0.1, 0.15) is 5.75 Å². The standard InChI is InChI=1S/C19H18O4/c1-10-4-12(5-11(2)18(10)21)6-14-7-13-8-16(20)17(23-3)9-15(13)19(14)22/h4-6,8-9,20-21H,7H2,1-3H3/b14-6+. The molecular formula is C19H18O4. The van der Waals surface area contributed by atoms with E-state index in [9.17, 15) is 15.0 Å². The minimum atomic E-state index is -0.0540. The third kappa shape index (κ3) is 2.57. The average Bonchev–Trinajstić information content (AvgIpc) is 2.79. The van der Waals surface area contributed by atoms with E-state index >= 15 is 0 Å². The van der Waals surface area contributed by atoms with Crippen molar-refractivity contribution < 1.29 is 19.7 Å². The molecule has 0 spiro atoms. The van der Waals surface area contributed by atoms with Crippen LogP contribution in [-0.2, 0) is 6.42 Å². The van der Waals surface area contributed by atoms with E-state index in [1.54, 1.807) is 12.1 Å². The van der Waals surface area contributed by atoms with Crippen LogP contribution in [0.1, 0.15) is 32.6 Å². The van der Waals surface area contributed by atoms with E-state index in [1.807, 2.05) is 32.1 Å². The summed E-state index contributed by atoms with van der Waals surface area (Å²) in [5.74, 6) is 0.566. The van der Waals surface area contributed by atoms with Crippen LogP contribution in [0.15, 0.2) is 29.8 Å². The molecule has 0 bridgehead atoms. The topological polar surface area (TPSA) is 66.8 Å². The van der Waals surface area contributed by atoms with Gasteiger partial charge in [-0.25, -0.2) is 0 Å². The Kier molecular flexibility index (Phi) is 3.60. The number of phenolic OH excluding ortho intramolecular Hbond substituents is 2. The molecule has 0 aromatic heterocycles. The van der Waals surface area contributed by atoms with Crippen LogP contribution in [0.2, 0.25) is 0 Å². The first kappa shape index (κ1) is 15.2. The number of carbonyl (C=O) groups is 1. The third-order valence-electron chi connectivity index (χ3n) is 4.18. The molecule has 0 saturated carbocycles. The van der Waals surface area contributed by atoms with Gasteiger partial charge in [0.25, 0.3) is 0 Å². The molecule has 0 radical (unpaired) electrons. The molecular weight excluding hydrogens is 292 g/mol. The lowest BCUT2D eigenvalue weighted by molar-refractivity contribution is 0.104. The average molecular weight is 310 g/mol. The van der Waals surface area contributed by atoms with Crippen molar-refractivity contribution in [1.29, 1.82) is 0 Å². The Morgan fingerprint density at radius 2 is 1.74 bits per heavy atom. The molecule has 0 atom stereocenters. The van der Waals surface area contributed by atoms with Crippen LogP contribution in [0, 0.1) is 13.8 Å². The Bertz CT molecular complexity index is 824. The fraction of sp³-hybridized carbons (Fsp3) is 0.211. The molecule has 1 aliphatic rings. The summed E-state index contributed by atoms with van der Waals surface area (Å²) < 4.78 is 5.07. The van der Waals surface area contributed by atoms with Gasteiger partial charge in [0.15, 0.2) is 17.3 Å². The number of aromatic hydroxyl groups is 2. The summed E-state index contributed by atoms with van der Waals surface area (Å²) in [6.45, 7) is 3.66. The molecule has 0 saturated heterocycles. The number of ketones is 1. The minimum Gasteiger partial charge on any atom is -0.507 e. The number of methoxy groups -OCH3 is 1. The normalized spacial score (nSPS) is 15.1. The molecule has 0 fully saturated rings. The summed E-state index contributed by atoms with van der Waals surface area (Å²) in [6, 6.07) is 6.87. The molecule has 4 heteroatoms. The molecule has 1 aliphatic carbocycles. The van der Waals surface area contributed by atoms with Crippen molar-refractivity contribution >= 4 is 11.9 Å². The zero-order valence-electron chi connectivity index (χ0n) is 13.3. The van der Waals surface area contributed by atoms with Gasteiger partial charge in [-0.1, -0.05) is 0 Å². The molecule has 0 amide bonds. The van der Waals surface area contributed by atoms with E-state index in [1.165, 1.54) is 7.11 Å². The summed E-state index contributed by atoms with van der Waals surface area (Å²) >= 11 is 0. The van der Waals surface area contributed by atoms with Gasteiger partial charge in [-0.05, 0) is 66.4 Å². The van der Waals surface area contributed by atoms with Crippen molar-refractivity contribution in [2.45, 2.75) is 20.3 Å². The molecule has 2 aromatic carbocycles. The van der Waals surface area contributed by atoms with E-state index < -0.39 is 0 Å². The largest absolute Gasteiger partial charge is 0.507 e. The highest BCUT2D eigenvalue weighted by atomic mass is 16.5. The second-order valence-electron chi connectivity index (χ2n) is 5.86. The number of ether oxygens (including phenoxy) is 1. The van der Waals surface area contributed by atoms with Gasteiger partial charge in [0.2, 0.25) is 0 Å². The van der Waals surface area contributed by atoms with Crippen LogP contribution in [0.4, 0.5) is 0 Å². The third-order valence-corrected chi connectivity index (χ3v) is 4.18. The van der Waals surface area contributed by atoms with Gasteiger partial charge in [-0.2, -0.15) is 0 Å². The number of fused-ring (bicyclic) bond motifs is 1. The molecule has 0 heterocycles. The predicted molar refractivity (Wildman–Crippen MR) is 88.3 cm³/mol. The second-order valence-corrected chi connectivity index (χ2v) is 5.86. The van der Waals surface area contributed by atoms with Crippen LogP contribution in [0.3, 0.4) is 0 Å². The van der Waals surface area contributed by atoms with E-state index in [0.29, 0.717) is 23.3 Å². The van der Waals surface area contributed by atoms with E-state index in [2.05, 4.69) is 0 Å². The maximum absolute atomic E-state index is 12.6. The number of rotatable bonds is 2. The van der Waals surface area contributed by atoms with Crippen molar-refractivity contribution in [3.8, 4) is 17.2 Å². The quantitative estimate of drug-likeness (QED) is 0.833. The first-order valence-corrected chi connectivity index (χ1v) is 7.36. The van der Waals surface area contributed by atoms with Crippen molar-refractivity contribution in [2.75, 3.05) is 7.11 Å². The maximum Gasteiger partial charge on any atom is 0.189 e. The highest BCUT2D eigenvalue weighted by molar-refractivity contribution is 6.15. The van der Waals surface area contributed by atoms with Crippen molar-refractivity contribution in [3.05, 3.63) is 57.7 Å². The van der Waals surface area contributed by atoms with Gasteiger partial charge in [-0.3, -0.25) is 4.79 Å². The zero-order valence-corrected chi connectivity index (χ0v) is 13.3. The van der Waals surface area contributed by atoms with Crippen LogP contribution >= 0.6 is 0 Å². The molecule has 2 N–H and O–H groups in total. The Labute approximate surface area is 134 Å². The maximum atomic E-state index is 12.6. The molecule has 4 nitrogen and oxygen atoms in total. The number of benzene rings is 2. The molecule has 2 aromatic rings. The highest BCUT2D eigenvalue weighted by Gasteiger charge is 2.26. The van der Waals surface area contributed by atoms with E-state index in [4.69, 9.17) is 4.74 Å². The van der Waals surface area contributed by atoms with E-state index in [-0.39, 0.29) is 17.3 Å². The number of Topliss-reactive ketones (excluding diaryl/α,β-unsaturated/α-hetero) is 1. The molecule has 0 aliphatic heterocycles. The highest BCUT2D eigenvalue weighted by Crippen LogP contribution is 2.36. The van der Waals surface area contributed by atoms with Gasteiger partial charge in [0.05, 0.1) is 7.11 Å². The first-order valence-electron chi connectivity index (χ1n) is 7.36. The van der Waals surface area contributed by atoms with Crippen molar-refractivity contribution in [3.63, 3.8) is 0 Å². The number of allylic oxidation sites excluding steroid dienone is 1. The monoisotopic (exact) mass is 310 g/mol. The fourth-order valence-corrected chi connectivity index (χ4v) is 2.98. The Morgan fingerprint density at radius 1 is 1.09 bits per heavy atom. The smallest absolute Gasteiger partial charge is 0.189 e. The summed E-state index contributed by atoms with van der Waals surface area (Å²) in [6.07, 6.45) is 2.32. The zero-order chi connectivity index (χ0) is 16.7. The van der Waals surface area contributed by atoms with Crippen molar-refractivity contribution in [2.24, 2.45) is 0 Å². The minimum absolute atomic E-state index is 0.0385. The Morgan fingerprint density at radius 3 is 2.35 bits per heavy atom. The lowest BCUT2D eigenvalue weighted by Gasteiger charge is -2.05. The number of hydrogen-bond donors (Lipinski definition) is 2. The molecule has 118 valence electrons. The van der Waals surface area contributed by atoms with Crippen molar-refractivity contribution in [1.82, 2.24) is 0 Å². The van der Waals surface area contributed by atoms with Gasteiger partial charge in [-0.15, -0.1) is 0 Å². The fourth-order valence-electron chi connectivity index (χ4n) is 2.98. The van der Waals surface area contributed by atoms with Crippen LogP contribution < -0.4 is 4.74 Å². The summed E-state index contributed by atoms with van der Waals surface area (Å²) in [5, 5.41) is 19.7. The summed E-state index contributed by atoms with van der Waals surface area (Å²) in [4.78, 5) is 12.6. The number of hydrogen-bond acceptors (Lipinski definition) is 4. The van der Waals surface area contributed by atoms with Gasteiger partial charge < -0.3 is 14.9 Å². The van der Waals surface area contributed by atoms with Crippen LogP contribution in [-0.4, -0.2) is 23.1 Å². The molecule has 23 heavy (non-hydrogen) atoms. The van der Waals surface area contributed by atoms with Crippen LogP contribution in [0.25, 0.3) is 6.08 Å². The number of aryl methyl sites for hydroxylation is 2.